The zero-order valence-electron chi connectivity index (χ0n) is 19.4. The maximum atomic E-state index is 13.5. The lowest BCUT2D eigenvalue weighted by atomic mass is 10.1. The van der Waals surface area contributed by atoms with Crippen molar-refractivity contribution in [3.63, 3.8) is 0 Å². The Bertz CT molecular complexity index is 1290. The second-order valence-electron chi connectivity index (χ2n) is 8.04. The fourth-order valence-corrected chi connectivity index (χ4v) is 4.59. The monoisotopic (exact) mass is 470 g/mol. The average Bonchev–Trinajstić information content (AvgIpc) is 3.12. The normalized spacial score (nSPS) is 15.9. The minimum absolute atomic E-state index is 0.0813. The van der Waals surface area contributed by atoms with Gasteiger partial charge in [-0.3, -0.25) is 9.69 Å². The third kappa shape index (κ3) is 4.92. The van der Waals surface area contributed by atoms with Crippen LogP contribution in [0.1, 0.15) is 22.3 Å². The van der Waals surface area contributed by atoms with E-state index in [-0.39, 0.29) is 11.7 Å². The number of carbonyl (C=O) groups is 1. The number of nitrogens with zero attached hydrogens (tertiary/aromatic N) is 2. The molecule has 1 aliphatic heterocycles. The van der Waals surface area contributed by atoms with Crippen molar-refractivity contribution in [2.75, 3.05) is 12.0 Å². The number of aryl methyl sites for hydroxylation is 2. The predicted octanol–water partition coefficient (Wildman–Crippen LogP) is 6.55. The highest BCUT2D eigenvalue weighted by Crippen LogP contribution is 2.39. The minimum Gasteiger partial charge on any atom is -0.504 e. The van der Waals surface area contributed by atoms with Gasteiger partial charge in [-0.25, -0.2) is 4.99 Å². The van der Waals surface area contributed by atoms with Gasteiger partial charge in [-0.1, -0.05) is 41.5 Å². The van der Waals surface area contributed by atoms with Crippen molar-refractivity contribution in [1.82, 2.24) is 0 Å². The summed E-state index contributed by atoms with van der Waals surface area (Å²) in [4.78, 5) is 20.5. The molecule has 1 saturated heterocycles. The summed E-state index contributed by atoms with van der Waals surface area (Å²) in [5, 5.41) is 11.0. The molecule has 3 aromatic carbocycles. The molecule has 1 N–H and O–H groups in total. The first kappa shape index (κ1) is 23.4. The van der Waals surface area contributed by atoms with Crippen LogP contribution in [0.25, 0.3) is 6.08 Å². The number of anilines is 1. The Labute approximate surface area is 204 Å². The van der Waals surface area contributed by atoms with Crippen molar-refractivity contribution in [1.29, 1.82) is 0 Å². The molecule has 1 heterocycles. The molecule has 172 valence electrons. The summed E-state index contributed by atoms with van der Waals surface area (Å²) in [6.07, 6.45) is 4.00. The number of aromatic hydroxyl groups is 1. The first-order valence-corrected chi connectivity index (χ1v) is 11.7. The largest absolute Gasteiger partial charge is 0.504 e. The highest BCUT2D eigenvalue weighted by molar-refractivity contribution is 8.19. The lowest BCUT2D eigenvalue weighted by molar-refractivity contribution is -0.113. The Hall–Kier alpha value is -3.77. The first-order valence-electron chi connectivity index (χ1n) is 10.9. The maximum absolute atomic E-state index is 13.5. The van der Waals surface area contributed by atoms with E-state index < -0.39 is 0 Å². The molecule has 0 aliphatic carbocycles. The van der Waals surface area contributed by atoms with Crippen LogP contribution in [0, 0.1) is 13.8 Å². The molecule has 0 bridgehead atoms. The minimum atomic E-state index is -0.156. The van der Waals surface area contributed by atoms with Crippen LogP contribution in [-0.4, -0.2) is 23.3 Å². The lowest BCUT2D eigenvalue weighted by Gasteiger charge is -2.16. The molecule has 0 spiro atoms. The van der Waals surface area contributed by atoms with Crippen molar-refractivity contribution in [2.24, 2.45) is 4.99 Å². The predicted molar refractivity (Wildman–Crippen MR) is 141 cm³/mol. The summed E-state index contributed by atoms with van der Waals surface area (Å²) in [5.41, 5.74) is 5.23. The SMILES string of the molecule is C=CCc1cc(C=C2SC(=Nc3ccc(C)cc3)N(c3ccc(C)cc3)C2=O)cc(OC)c1O. The smallest absolute Gasteiger partial charge is 0.271 e. The summed E-state index contributed by atoms with van der Waals surface area (Å²) in [6, 6.07) is 19.2. The molecule has 0 saturated carbocycles. The van der Waals surface area contributed by atoms with Crippen LogP contribution in [-0.2, 0) is 11.2 Å². The number of allylic oxidation sites excluding steroid dienone is 1. The number of hydrogen-bond donors (Lipinski definition) is 1. The molecule has 0 unspecified atom stereocenters. The molecule has 4 rings (SSSR count). The Morgan fingerprint density at radius 3 is 2.32 bits per heavy atom. The van der Waals surface area contributed by atoms with Gasteiger partial charge in [0.15, 0.2) is 16.7 Å². The van der Waals surface area contributed by atoms with Gasteiger partial charge in [0.2, 0.25) is 0 Å². The van der Waals surface area contributed by atoms with Gasteiger partial charge in [-0.05, 0) is 80.1 Å². The third-order valence-corrected chi connectivity index (χ3v) is 6.38. The van der Waals surface area contributed by atoms with Gasteiger partial charge in [0, 0.05) is 5.56 Å². The van der Waals surface area contributed by atoms with Gasteiger partial charge >= 0.3 is 0 Å². The number of aliphatic imine (C=N–C) groups is 1. The number of amidine groups is 1. The van der Waals surface area contributed by atoms with E-state index in [1.807, 2.05) is 68.4 Å². The van der Waals surface area contributed by atoms with E-state index in [0.29, 0.717) is 27.8 Å². The highest BCUT2D eigenvalue weighted by atomic mass is 32.2. The molecule has 5 nitrogen and oxygen atoms in total. The Morgan fingerprint density at radius 2 is 1.71 bits per heavy atom. The highest BCUT2D eigenvalue weighted by Gasteiger charge is 2.34. The first-order chi connectivity index (χ1) is 16.4. The molecule has 34 heavy (non-hydrogen) atoms. The number of phenols is 1. The number of rotatable bonds is 6. The molecule has 6 heteroatoms. The Kier molecular flexibility index (Phi) is 6.89. The summed E-state index contributed by atoms with van der Waals surface area (Å²) in [6.45, 7) is 7.79. The van der Waals surface area contributed by atoms with Crippen molar-refractivity contribution in [3.05, 3.63) is 100 Å². The molecule has 0 aromatic heterocycles. The Balaban J connectivity index is 1.79. The van der Waals surface area contributed by atoms with Gasteiger partial charge < -0.3 is 9.84 Å². The second-order valence-corrected chi connectivity index (χ2v) is 9.05. The van der Waals surface area contributed by atoms with Crippen molar-refractivity contribution in [3.8, 4) is 11.5 Å². The zero-order valence-corrected chi connectivity index (χ0v) is 20.2. The number of amides is 1. The number of phenolic OH excluding ortho intramolecular Hbond substituents is 1. The van der Waals surface area contributed by atoms with Crippen molar-refractivity contribution >= 4 is 40.3 Å². The zero-order chi connectivity index (χ0) is 24.2. The molecule has 1 amide bonds. The second kappa shape index (κ2) is 10.0. The quantitative estimate of drug-likeness (QED) is 0.328. The molecule has 3 aromatic rings. The van der Waals surface area contributed by atoms with E-state index in [1.54, 1.807) is 23.1 Å². The van der Waals surface area contributed by atoms with Crippen LogP contribution >= 0.6 is 11.8 Å². The molecular formula is C28H26N2O3S. The van der Waals surface area contributed by atoms with Crippen LogP contribution < -0.4 is 9.64 Å². The maximum Gasteiger partial charge on any atom is 0.271 e. The number of carbonyl (C=O) groups excluding carboxylic acids is 1. The topological polar surface area (TPSA) is 62.1 Å². The van der Waals surface area contributed by atoms with Crippen LogP contribution in [0.4, 0.5) is 11.4 Å². The molecular weight excluding hydrogens is 444 g/mol. The fraction of sp³-hybridized carbons (Fsp3) is 0.143. The fourth-order valence-electron chi connectivity index (χ4n) is 3.59. The summed E-state index contributed by atoms with van der Waals surface area (Å²) in [7, 11) is 1.50. The van der Waals surface area contributed by atoms with E-state index in [0.717, 1.165) is 28.1 Å². The van der Waals surface area contributed by atoms with Gasteiger partial charge in [-0.2, -0.15) is 0 Å². The van der Waals surface area contributed by atoms with E-state index in [1.165, 1.54) is 18.9 Å². The van der Waals surface area contributed by atoms with Gasteiger partial charge in [0.25, 0.3) is 5.91 Å². The van der Waals surface area contributed by atoms with Crippen LogP contribution in [0.15, 0.2) is 83.2 Å². The molecule has 0 radical (unpaired) electrons. The molecule has 1 fully saturated rings. The summed E-state index contributed by atoms with van der Waals surface area (Å²) >= 11 is 1.32. The number of methoxy groups -OCH3 is 1. The van der Waals surface area contributed by atoms with E-state index in [2.05, 4.69) is 6.58 Å². The summed E-state index contributed by atoms with van der Waals surface area (Å²) < 4.78 is 5.34. The average molecular weight is 471 g/mol. The standard InChI is InChI=1S/C28H26N2O3S/c1-5-6-21-15-20(16-24(33-4)26(21)31)17-25-27(32)30(23-13-9-19(3)10-14-23)28(34-25)29-22-11-7-18(2)8-12-22/h5,7-17,31H,1,6H2,2-4H3. The third-order valence-electron chi connectivity index (χ3n) is 5.42. The summed E-state index contributed by atoms with van der Waals surface area (Å²) in [5.74, 6) is 0.278. The van der Waals surface area contributed by atoms with Crippen molar-refractivity contribution in [2.45, 2.75) is 20.3 Å². The van der Waals surface area contributed by atoms with Crippen LogP contribution in [0.5, 0.6) is 11.5 Å². The number of ether oxygens (including phenoxy) is 1. The number of thioether (sulfide) groups is 1. The van der Waals surface area contributed by atoms with E-state index in [4.69, 9.17) is 9.73 Å². The number of benzene rings is 3. The lowest BCUT2D eigenvalue weighted by Crippen LogP contribution is -2.28. The van der Waals surface area contributed by atoms with Gasteiger partial charge in [-0.15, -0.1) is 6.58 Å². The van der Waals surface area contributed by atoms with Crippen molar-refractivity contribution < 1.29 is 14.6 Å². The molecule has 1 aliphatic rings. The van der Waals surface area contributed by atoms with Crippen LogP contribution in [0.3, 0.4) is 0 Å². The van der Waals surface area contributed by atoms with E-state index >= 15 is 0 Å². The van der Waals surface area contributed by atoms with E-state index in [9.17, 15) is 9.90 Å². The van der Waals surface area contributed by atoms with Gasteiger partial charge in [0.1, 0.15) is 0 Å². The van der Waals surface area contributed by atoms with Crippen LogP contribution in [0.2, 0.25) is 0 Å². The number of hydrogen-bond acceptors (Lipinski definition) is 5. The molecule has 0 atom stereocenters. The van der Waals surface area contributed by atoms with Gasteiger partial charge in [0.05, 0.1) is 23.4 Å². The Morgan fingerprint density at radius 1 is 1.06 bits per heavy atom.